The number of aromatic nitrogens is 2. The number of carbonyl (C=O) groups is 3. The zero-order valence-electron chi connectivity index (χ0n) is 17.2. The summed E-state index contributed by atoms with van der Waals surface area (Å²) in [5, 5.41) is 23.1. The second-order valence-electron chi connectivity index (χ2n) is 7.34. The first-order valence-electron chi connectivity index (χ1n) is 9.97. The number of benzene rings is 1. The van der Waals surface area contributed by atoms with Crippen LogP contribution in [0.25, 0.3) is 0 Å². The SMILES string of the molecule is CCNC(=O)c1nnc2c(c1C)NC(=O)C1CN(C(=O)c3ccccc3C#N)CCN21. The maximum atomic E-state index is 13.0. The van der Waals surface area contributed by atoms with E-state index in [2.05, 4.69) is 20.8 Å². The van der Waals surface area contributed by atoms with Crippen molar-refractivity contribution >= 4 is 29.2 Å². The van der Waals surface area contributed by atoms with Gasteiger partial charge in [-0.05, 0) is 26.0 Å². The molecule has 4 rings (SSSR count). The average Bonchev–Trinajstić information content (AvgIpc) is 2.79. The number of carbonyl (C=O) groups excluding carboxylic acids is 3. The van der Waals surface area contributed by atoms with Crippen molar-refractivity contribution in [2.75, 3.05) is 36.4 Å². The molecule has 2 aliphatic heterocycles. The predicted octanol–water partition coefficient (Wildman–Crippen LogP) is 0.689. The Morgan fingerprint density at radius 1 is 1.29 bits per heavy atom. The molecule has 0 aliphatic carbocycles. The molecule has 0 spiro atoms. The molecule has 1 aromatic carbocycles. The van der Waals surface area contributed by atoms with Gasteiger partial charge in [0.15, 0.2) is 11.5 Å². The van der Waals surface area contributed by atoms with E-state index in [4.69, 9.17) is 0 Å². The Kier molecular flexibility index (Phi) is 5.25. The van der Waals surface area contributed by atoms with E-state index in [1.54, 1.807) is 43.0 Å². The Morgan fingerprint density at radius 2 is 2.06 bits per heavy atom. The number of rotatable bonds is 3. The number of piperazine rings is 1. The van der Waals surface area contributed by atoms with Crippen LogP contribution in [0.5, 0.6) is 0 Å². The van der Waals surface area contributed by atoms with Crippen LogP contribution in [0.3, 0.4) is 0 Å². The number of nitriles is 1. The van der Waals surface area contributed by atoms with Gasteiger partial charge in [-0.2, -0.15) is 5.26 Å². The van der Waals surface area contributed by atoms with E-state index in [9.17, 15) is 19.6 Å². The summed E-state index contributed by atoms with van der Waals surface area (Å²) in [6, 6.07) is 8.02. The molecule has 3 amide bonds. The van der Waals surface area contributed by atoms with Crippen molar-refractivity contribution in [1.82, 2.24) is 20.4 Å². The van der Waals surface area contributed by atoms with E-state index in [0.717, 1.165) is 0 Å². The highest BCUT2D eigenvalue weighted by atomic mass is 16.2. The summed E-state index contributed by atoms with van der Waals surface area (Å²) < 4.78 is 0. The number of hydrogen-bond acceptors (Lipinski definition) is 7. The second kappa shape index (κ2) is 8.02. The van der Waals surface area contributed by atoms with Crippen LogP contribution < -0.4 is 15.5 Å². The molecule has 2 aliphatic rings. The zero-order chi connectivity index (χ0) is 22.1. The lowest BCUT2D eigenvalue weighted by atomic mass is 10.0. The van der Waals surface area contributed by atoms with Crippen LogP contribution in [-0.4, -0.2) is 65.0 Å². The molecule has 10 heteroatoms. The van der Waals surface area contributed by atoms with Gasteiger partial charge in [0, 0.05) is 25.2 Å². The van der Waals surface area contributed by atoms with Gasteiger partial charge in [0.1, 0.15) is 6.04 Å². The lowest BCUT2D eigenvalue weighted by Crippen LogP contribution is -2.61. The van der Waals surface area contributed by atoms with E-state index >= 15 is 0 Å². The molecule has 10 nitrogen and oxygen atoms in total. The van der Waals surface area contributed by atoms with E-state index in [0.29, 0.717) is 47.8 Å². The van der Waals surface area contributed by atoms with Gasteiger partial charge in [-0.3, -0.25) is 14.4 Å². The van der Waals surface area contributed by atoms with Gasteiger partial charge in [-0.1, -0.05) is 12.1 Å². The van der Waals surface area contributed by atoms with Crippen LogP contribution in [0.15, 0.2) is 24.3 Å². The van der Waals surface area contributed by atoms with Crippen LogP contribution >= 0.6 is 0 Å². The summed E-state index contributed by atoms with van der Waals surface area (Å²) in [7, 11) is 0. The number of nitrogens with zero attached hydrogens (tertiary/aromatic N) is 5. The van der Waals surface area contributed by atoms with Crippen LogP contribution in [0.4, 0.5) is 11.5 Å². The van der Waals surface area contributed by atoms with Crippen molar-refractivity contribution in [3.63, 3.8) is 0 Å². The van der Waals surface area contributed by atoms with Crippen LogP contribution in [-0.2, 0) is 4.79 Å². The van der Waals surface area contributed by atoms with Gasteiger partial charge < -0.3 is 20.4 Å². The summed E-state index contributed by atoms with van der Waals surface area (Å²) in [5.41, 5.74) is 1.79. The summed E-state index contributed by atoms with van der Waals surface area (Å²) in [4.78, 5) is 41.5. The number of nitrogens with one attached hydrogen (secondary N) is 2. The normalized spacial score (nSPS) is 17.2. The Balaban J connectivity index is 1.61. The Bertz CT molecular complexity index is 1120. The highest BCUT2D eigenvalue weighted by molar-refractivity contribution is 6.06. The maximum absolute atomic E-state index is 13.0. The van der Waals surface area contributed by atoms with Gasteiger partial charge in [0.2, 0.25) is 5.91 Å². The summed E-state index contributed by atoms with van der Waals surface area (Å²) in [6.45, 7) is 4.87. The molecule has 0 saturated carbocycles. The number of fused-ring (bicyclic) bond motifs is 3. The fourth-order valence-corrected chi connectivity index (χ4v) is 3.91. The quantitative estimate of drug-likeness (QED) is 0.748. The standard InChI is InChI=1S/C21H21N7O3/c1-3-23-20(30)17-12(2)16-18(26-25-17)28-9-8-27(11-15(28)19(29)24-16)21(31)14-7-5-4-6-13(14)10-22/h4-7,15H,3,8-9,11H2,1-2H3,(H,23,30)(H,24,29). The fraction of sp³-hybridized carbons (Fsp3) is 0.333. The Hall–Kier alpha value is -4.00. The van der Waals surface area contributed by atoms with Crippen molar-refractivity contribution in [3.05, 3.63) is 46.6 Å². The van der Waals surface area contributed by atoms with Gasteiger partial charge in [-0.15, -0.1) is 10.2 Å². The number of hydrogen-bond donors (Lipinski definition) is 2. The van der Waals surface area contributed by atoms with Crippen LogP contribution in [0.2, 0.25) is 0 Å². The monoisotopic (exact) mass is 419 g/mol. The van der Waals surface area contributed by atoms with Crippen molar-refractivity contribution < 1.29 is 14.4 Å². The molecule has 1 unspecified atom stereocenters. The lowest BCUT2D eigenvalue weighted by Gasteiger charge is -2.44. The minimum atomic E-state index is -0.636. The highest BCUT2D eigenvalue weighted by Gasteiger charge is 2.41. The van der Waals surface area contributed by atoms with E-state index < -0.39 is 6.04 Å². The number of amides is 3. The summed E-state index contributed by atoms with van der Waals surface area (Å²) in [6.07, 6.45) is 0. The molecule has 2 N–H and O–H groups in total. The zero-order valence-corrected chi connectivity index (χ0v) is 17.2. The van der Waals surface area contributed by atoms with E-state index in [1.165, 1.54) is 0 Å². The summed E-state index contributed by atoms with van der Waals surface area (Å²) in [5.74, 6) is -0.432. The highest BCUT2D eigenvalue weighted by Crippen LogP contribution is 2.35. The van der Waals surface area contributed by atoms with Gasteiger partial charge in [0.25, 0.3) is 11.8 Å². The third kappa shape index (κ3) is 3.44. The third-order valence-corrected chi connectivity index (χ3v) is 5.52. The molecule has 3 heterocycles. The molecule has 0 bridgehead atoms. The molecule has 2 aromatic rings. The molecular weight excluding hydrogens is 398 g/mol. The van der Waals surface area contributed by atoms with Crippen LogP contribution in [0.1, 0.15) is 38.9 Å². The third-order valence-electron chi connectivity index (χ3n) is 5.52. The first-order chi connectivity index (χ1) is 15.0. The molecule has 1 fully saturated rings. The van der Waals surface area contributed by atoms with Gasteiger partial charge in [-0.25, -0.2) is 0 Å². The molecule has 158 valence electrons. The topological polar surface area (TPSA) is 131 Å². The Labute approximate surface area is 178 Å². The first kappa shape index (κ1) is 20.3. The fourth-order valence-electron chi connectivity index (χ4n) is 3.91. The van der Waals surface area contributed by atoms with Crippen molar-refractivity contribution in [3.8, 4) is 6.07 Å². The minimum absolute atomic E-state index is 0.155. The maximum Gasteiger partial charge on any atom is 0.272 e. The smallest absolute Gasteiger partial charge is 0.272 e. The van der Waals surface area contributed by atoms with E-state index in [-0.39, 0.29) is 30.0 Å². The van der Waals surface area contributed by atoms with Crippen molar-refractivity contribution in [2.45, 2.75) is 19.9 Å². The lowest BCUT2D eigenvalue weighted by molar-refractivity contribution is -0.118. The average molecular weight is 419 g/mol. The first-order valence-corrected chi connectivity index (χ1v) is 9.97. The predicted molar refractivity (Wildman–Crippen MR) is 112 cm³/mol. The summed E-state index contributed by atoms with van der Waals surface area (Å²) >= 11 is 0. The van der Waals surface area contributed by atoms with Crippen molar-refractivity contribution in [2.24, 2.45) is 0 Å². The molecular formula is C21H21N7O3. The molecule has 1 aromatic heterocycles. The second-order valence-corrected chi connectivity index (χ2v) is 7.34. The van der Waals surface area contributed by atoms with Crippen LogP contribution in [0, 0.1) is 18.3 Å². The van der Waals surface area contributed by atoms with Crippen molar-refractivity contribution in [1.29, 1.82) is 5.26 Å². The molecule has 1 saturated heterocycles. The molecule has 0 radical (unpaired) electrons. The molecule has 1 atom stereocenters. The largest absolute Gasteiger partial charge is 0.351 e. The Morgan fingerprint density at radius 3 is 2.81 bits per heavy atom. The number of anilines is 2. The van der Waals surface area contributed by atoms with Gasteiger partial charge in [0.05, 0.1) is 29.4 Å². The molecule has 31 heavy (non-hydrogen) atoms. The van der Waals surface area contributed by atoms with E-state index in [1.807, 2.05) is 11.0 Å². The minimum Gasteiger partial charge on any atom is -0.351 e. The van der Waals surface area contributed by atoms with Gasteiger partial charge >= 0.3 is 0 Å².